The van der Waals surface area contributed by atoms with Crippen LogP contribution < -0.4 is 11.2 Å². The van der Waals surface area contributed by atoms with Crippen LogP contribution in [0.25, 0.3) is 11.2 Å². The first-order chi connectivity index (χ1) is 16.4. The number of nitrogens with one attached hydrogen (secondary N) is 1. The number of halogens is 3. The lowest BCUT2D eigenvalue weighted by Crippen LogP contribution is -2.40. The van der Waals surface area contributed by atoms with Crippen molar-refractivity contribution < 1.29 is 8.91 Å². The number of nitrogens with zero attached hydrogens (tertiary/aromatic N) is 5. The monoisotopic (exact) mass is 508 g/mol. The zero-order chi connectivity index (χ0) is 24.2. The zero-order valence-corrected chi connectivity index (χ0v) is 20.0. The van der Waals surface area contributed by atoms with Gasteiger partial charge in [0.1, 0.15) is 5.82 Å². The van der Waals surface area contributed by atoms with Crippen molar-refractivity contribution in [2.75, 3.05) is 0 Å². The van der Waals surface area contributed by atoms with E-state index in [0.717, 1.165) is 12.8 Å². The van der Waals surface area contributed by atoms with E-state index in [0.29, 0.717) is 54.5 Å². The molecule has 0 aliphatic heterocycles. The third kappa shape index (κ3) is 5.23. The van der Waals surface area contributed by atoms with E-state index in [9.17, 15) is 14.0 Å². The molecule has 0 bridgehead atoms. The maximum atomic E-state index is 13.2. The molecular formula is C22H23Cl2FN6O3. The van der Waals surface area contributed by atoms with Crippen LogP contribution in [0.15, 0.2) is 32.3 Å². The summed E-state index contributed by atoms with van der Waals surface area (Å²) in [6.07, 6.45) is 3.66. The Kier molecular flexibility index (Phi) is 7.47. The molecule has 4 aromatic rings. The van der Waals surface area contributed by atoms with Gasteiger partial charge >= 0.3 is 5.69 Å². The molecule has 0 saturated heterocycles. The number of rotatable bonds is 10. The fourth-order valence-corrected chi connectivity index (χ4v) is 4.11. The summed E-state index contributed by atoms with van der Waals surface area (Å²) in [4.78, 5) is 37.0. The SMILES string of the molecule is CCCCn1c(=O)n(CCCCc2nc(Cc3ccc(F)cc3Cl)no2)c(=O)c2[nH]c(Cl)nc21. The second-order valence-electron chi connectivity index (χ2n) is 7.94. The molecule has 0 spiro atoms. The van der Waals surface area contributed by atoms with Crippen molar-refractivity contribution in [3.63, 3.8) is 0 Å². The molecule has 1 aromatic carbocycles. The third-order valence-electron chi connectivity index (χ3n) is 5.46. The van der Waals surface area contributed by atoms with Gasteiger partial charge in [0.25, 0.3) is 5.56 Å². The van der Waals surface area contributed by atoms with Gasteiger partial charge in [0.15, 0.2) is 17.0 Å². The van der Waals surface area contributed by atoms with Crippen molar-refractivity contribution in [2.24, 2.45) is 0 Å². The highest BCUT2D eigenvalue weighted by Crippen LogP contribution is 2.20. The molecule has 0 fully saturated rings. The van der Waals surface area contributed by atoms with Gasteiger partial charge in [-0.05, 0) is 48.6 Å². The van der Waals surface area contributed by atoms with Crippen LogP contribution in [0.3, 0.4) is 0 Å². The van der Waals surface area contributed by atoms with Crippen LogP contribution in [-0.2, 0) is 25.9 Å². The Hall–Kier alpha value is -2.98. The van der Waals surface area contributed by atoms with Gasteiger partial charge in [0.05, 0.1) is 0 Å². The number of H-pyrrole nitrogens is 1. The molecule has 9 nitrogen and oxygen atoms in total. The van der Waals surface area contributed by atoms with Crippen LogP contribution in [0.4, 0.5) is 4.39 Å². The standard InChI is InChI=1S/C22H23Cl2FN6O3/c1-2-3-9-30-19-18(27-21(24)28-19)20(32)31(22(30)33)10-5-4-6-17-26-16(29-34-17)11-13-7-8-14(25)12-15(13)23/h7-8,12H,2-6,9-11H2,1H3,(H,27,28). The molecule has 1 N–H and O–H groups in total. The van der Waals surface area contributed by atoms with Gasteiger partial charge in [-0.1, -0.05) is 36.2 Å². The van der Waals surface area contributed by atoms with Gasteiger partial charge < -0.3 is 9.51 Å². The smallest absolute Gasteiger partial charge is 0.332 e. The van der Waals surface area contributed by atoms with Gasteiger partial charge in [0, 0.05) is 31.0 Å². The third-order valence-corrected chi connectivity index (χ3v) is 5.99. The molecule has 34 heavy (non-hydrogen) atoms. The second kappa shape index (κ2) is 10.5. The average molecular weight is 509 g/mol. The summed E-state index contributed by atoms with van der Waals surface area (Å²) in [5.41, 5.74) is 0.364. The largest absolute Gasteiger partial charge is 0.339 e. The van der Waals surface area contributed by atoms with Crippen LogP contribution >= 0.6 is 23.2 Å². The summed E-state index contributed by atoms with van der Waals surface area (Å²) in [5, 5.41) is 4.32. The Bertz CT molecular complexity index is 1420. The van der Waals surface area contributed by atoms with E-state index in [1.165, 1.54) is 21.3 Å². The second-order valence-corrected chi connectivity index (χ2v) is 8.71. The highest BCUT2D eigenvalue weighted by atomic mass is 35.5. The number of aromatic amines is 1. The van der Waals surface area contributed by atoms with E-state index in [-0.39, 0.29) is 23.0 Å². The van der Waals surface area contributed by atoms with Gasteiger partial charge in [0.2, 0.25) is 11.2 Å². The quantitative estimate of drug-likeness (QED) is 0.254. The first-order valence-corrected chi connectivity index (χ1v) is 11.8. The predicted molar refractivity (Wildman–Crippen MR) is 126 cm³/mol. The van der Waals surface area contributed by atoms with E-state index < -0.39 is 17.1 Å². The number of hydrogen-bond acceptors (Lipinski definition) is 6. The molecule has 4 rings (SSSR count). The number of unbranched alkanes of at least 4 members (excludes halogenated alkanes) is 2. The van der Waals surface area contributed by atoms with Crippen molar-refractivity contribution >= 4 is 34.4 Å². The molecule has 0 unspecified atom stereocenters. The lowest BCUT2D eigenvalue weighted by Gasteiger charge is -2.10. The average Bonchev–Trinajstić information content (AvgIpc) is 3.41. The summed E-state index contributed by atoms with van der Waals surface area (Å²) in [5.74, 6) is 0.477. The van der Waals surface area contributed by atoms with Gasteiger partial charge in [-0.15, -0.1) is 0 Å². The maximum Gasteiger partial charge on any atom is 0.332 e. The summed E-state index contributed by atoms with van der Waals surface area (Å²) in [6.45, 7) is 2.71. The first-order valence-electron chi connectivity index (χ1n) is 11.0. The van der Waals surface area contributed by atoms with Crippen molar-refractivity contribution in [1.82, 2.24) is 29.2 Å². The Labute approximate surface area is 203 Å². The Morgan fingerprint density at radius 2 is 1.88 bits per heavy atom. The van der Waals surface area contributed by atoms with Crippen LogP contribution in [0, 0.1) is 5.82 Å². The number of aromatic nitrogens is 6. The van der Waals surface area contributed by atoms with Gasteiger partial charge in [-0.2, -0.15) is 9.97 Å². The Morgan fingerprint density at radius 1 is 1.09 bits per heavy atom. The van der Waals surface area contributed by atoms with Crippen LogP contribution in [0.2, 0.25) is 10.3 Å². The summed E-state index contributed by atoms with van der Waals surface area (Å²) in [7, 11) is 0. The van der Waals surface area contributed by atoms with Crippen molar-refractivity contribution in [1.29, 1.82) is 0 Å². The number of aryl methyl sites for hydroxylation is 2. The lowest BCUT2D eigenvalue weighted by molar-refractivity contribution is 0.368. The predicted octanol–water partition coefficient (Wildman–Crippen LogP) is 4.13. The molecule has 0 saturated carbocycles. The minimum absolute atomic E-state index is 0.0728. The van der Waals surface area contributed by atoms with Crippen molar-refractivity contribution in [3.8, 4) is 0 Å². The molecule has 0 aliphatic carbocycles. The van der Waals surface area contributed by atoms with Gasteiger partial charge in [-0.3, -0.25) is 13.9 Å². The zero-order valence-electron chi connectivity index (χ0n) is 18.5. The molecule has 0 radical (unpaired) electrons. The maximum absolute atomic E-state index is 13.2. The molecule has 3 heterocycles. The minimum atomic E-state index is -0.441. The fraction of sp³-hybridized carbons (Fsp3) is 0.409. The van der Waals surface area contributed by atoms with Crippen LogP contribution in [-0.4, -0.2) is 29.2 Å². The topological polar surface area (TPSA) is 112 Å². The number of imidazole rings is 1. The summed E-state index contributed by atoms with van der Waals surface area (Å²) >= 11 is 12.0. The highest BCUT2D eigenvalue weighted by molar-refractivity contribution is 6.31. The normalized spacial score (nSPS) is 11.5. The van der Waals surface area contributed by atoms with E-state index in [4.69, 9.17) is 27.7 Å². The number of fused-ring (bicyclic) bond motifs is 1. The van der Waals surface area contributed by atoms with E-state index >= 15 is 0 Å². The van der Waals surface area contributed by atoms with Crippen molar-refractivity contribution in [3.05, 3.63) is 72.4 Å². The van der Waals surface area contributed by atoms with Gasteiger partial charge in [-0.25, -0.2) is 9.18 Å². The Morgan fingerprint density at radius 3 is 2.65 bits per heavy atom. The first kappa shape index (κ1) is 24.2. The molecule has 0 atom stereocenters. The lowest BCUT2D eigenvalue weighted by atomic mass is 10.1. The molecule has 3 aromatic heterocycles. The molecule has 0 aliphatic rings. The van der Waals surface area contributed by atoms with E-state index in [1.807, 2.05) is 6.92 Å². The number of benzene rings is 1. The minimum Gasteiger partial charge on any atom is -0.339 e. The molecular weight excluding hydrogens is 486 g/mol. The molecule has 180 valence electrons. The Balaban J connectivity index is 1.41. The highest BCUT2D eigenvalue weighted by Gasteiger charge is 2.17. The van der Waals surface area contributed by atoms with E-state index in [2.05, 4.69) is 20.1 Å². The van der Waals surface area contributed by atoms with Crippen molar-refractivity contribution in [2.45, 2.75) is 58.5 Å². The summed E-state index contributed by atoms with van der Waals surface area (Å²) < 4.78 is 21.2. The fourth-order valence-electron chi connectivity index (χ4n) is 3.70. The molecule has 0 amide bonds. The van der Waals surface area contributed by atoms with E-state index in [1.54, 1.807) is 6.07 Å². The number of hydrogen-bond donors (Lipinski definition) is 1. The molecule has 12 heteroatoms. The van der Waals surface area contributed by atoms with Crippen LogP contribution in [0.5, 0.6) is 0 Å². The summed E-state index contributed by atoms with van der Waals surface area (Å²) in [6, 6.07) is 4.15. The van der Waals surface area contributed by atoms with Crippen LogP contribution in [0.1, 0.15) is 49.9 Å².